The van der Waals surface area contributed by atoms with E-state index in [2.05, 4.69) is 15.3 Å². The molecule has 1 aliphatic heterocycles. The van der Waals surface area contributed by atoms with E-state index in [0.717, 1.165) is 22.2 Å². The molecule has 9 heteroatoms. The highest BCUT2D eigenvalue weighted by molar-refractivity contribution is 7.91. The SMILES string of the molecule is Cc1ccc(-c2cc3c(nc(C)n3C3CCS(=O)(=O)C3)c(C(=O)NCc3ccncc3)n2)cc1. The average molecular weight is 476 g/mol. The Balaban J connectivity index is 1.62. The number of nitrogens with zero attached hydrogens (tertiary/aromatic N) is 4. The van der Waals surface area contributed by atoms with Gasteiger partial charge < -0.3 is 9.88 Å². The Bertz CT molecular complexity index is 1480. The number of imidazole rings is 1. The number of carbonyl (C=O) groups is 1. The number of nitrogens with one attached hydrogen (secondary N) is 1. The molecule has 5 rings (SSSR count). The zero-order valence-corrected chi connectivity index (χ0v) is 19.8. The summed E-state index contributed by atoms with van der Waals surface area (Å²) in [6.07, 6.45) is 3.88. The van der Waals surface area contributed by atoms with Crippen LogP contribution in [0.1, 0.15) is 39.9 Å². The second-order valence-corrected chi connectivity index (χ2v) is 10.9. The van der Waals surface area contributed by atoms with E-state index in [1.54, 1.807) is 12.4 Å². The topological polar surface area (TPSA) is 107 Å². The maximum Gasteiger partial charge on any atom is 0.272 e. The van der Waals surface area contributed by atoms with Gasteiger partial charge in [-0.05, 0) is 44.0 Å². The fourth-order valence-corrected chi connectivity index (χ4v) is 6.15. The van der Waals surface area contributed by atoms with E-state index in [1.165, 1.54) is 0 Å². The third-order valence-electron chi connectivity index (χ3n) is 6.19. The molecule has 0 saturated carbocycles. The summed E-state index contributed by atoms with van der Waals surface area (Å²) in [5, 5.41) is 2.93. The molecule has 1 aromatic carbocycles. The molecular formula is C25H25N5O3S. The summed E-state index contributed by atoms with van der Waals surface area (Å²) < 4.78 is 26.3. The van der Waals surface area contributed by atoms with E-state index in [1.807, 2.05) is 60.9 Å². The van der Waals surface area contributed by atoms with Gasteiger partial charge >= 0.3 is 0 Å². The van der Waals surface area contributed by atoms with Crippen molar-refractivity contribution in [2.45, 2.75) is 32.9 Å². The van der Waals surface area contributed by atoms with Gasteiger partial charge in [-0.3, -0.25) is 9.78 Å². The van der Waals surface area contributed by atoms with E-state index >= 15 is 0 Å². The van der Waals surface area contributed by atoms with Crippen molar-refractivity contribution in [2.24, 2.45) is 0 Å². The molecule has 1 amide bonds. The first-order chi connectivity index (χ1) is 16.3. The molecular weight excluding hydrogens is 450 g/mol. The highest BCUT2D eigenvalue weighted by Crippen LogP contribution is 2.32. The molecule has 1 aliphatic rings. The van der Waals surface area contributed by atoms with Crippen LogP contribution in [0.5, 0.6) is 0 Å². The van der Waals surface area contributed by atoms with Gasteiger partial charge in [0.2, 0.25) is 0 Å². The Morgan fingerprint density at radius 3 is 2.50 bits per heavy atom. The van der Waals surface area contributed by atoms with Gasteiger partial charge in [0, 0.05) is 24.5 Å². The van der Waals surface area contributed by atoms with E-state index in [9.17, 15) is 13.2 Å². The number of rotatable bonds is 5. The van der Waals surface area contributed by atoms with Crippen LogP contribution >= 0.6 is 0 Å². The normalized spacial score (nSPS) is 17.2. The molecule has 4 aromatic rings. The summed E-state index contributed by atoms with van der Waals surface area (Å²) in [6.45, 7) is 4.19. The van der Waals surface area contributed by atoms with E-state index in [4.69, 9.17) is 4.98 Å². The monoisotopic (exact) mass is 475 g/mol. The van der Waals surface area contributed by atoms with E-state index < -0.39 is 9.84 Å². The van der Waals surface area contributed by atoms with Crippen molar-refractivity contribution in [3.05, 3.63) is 77.5 Å². The first kappa shape index (κ1) is 22.2. The summed E-state index contributed by atoms with van der Waals surface area (Å²) in [6, 6.07) is 13.3. The van der Waals surface area contributed by atoms with Crippen molar-refractivity contribution in [3.63, 3.8) is 0 Å². The number of sulfone groups is 1. The maximum atomic E-state index is 13.3. The summed E-state index contributed by atoms with van der Waals surface area (Å²) in [4.78, 5) is 26.7. The Morgan fingerprint density at radius 2 is 1.82 bits per heavy atom. The molecule has 3 aromatic heterocycles. The summed E-state index contributed by atoms with van der Waals surface area (Å²) >= 11 is 0. The number of aromatic nitrogens is 4. The largest absolute Gasteiger partial charge is 0.347 e. The fraction of sp³-hybridized carbons (Fsp3) is 0.280. The number of amides is 1. The fourth-order valence-electron chi connectivity index (χ4n) is 4.45. The maximum absolute atomic E-state index is 13.3. The van der Waals surface area contributed by atoms with Crippen molar-refractivity contribution in [1.82, 2.24) is 24.8 Å². The molecule has 0 spiro atoms. The predicted molar refractivity (Wildman–Crippen MR) is 130 cm³/mol. The summed E-state index contributed by atoms with van der Waals surface area (Å²) in [7, 11) is -3.09. The van der Waals surface area contributed by atoms with Crippen LogP contribution in [-0.2, 0) is 16.4 Å². The summed E-state index contributed by atoms with van der Waals surface area (Å²) in [5.41, 5.74) is 4.99. The molecule has 174 valence electrons. The van der Waals surface area contributed by atoms with Gasteiger partial charge in [-0.2, -0.15) is 0 Å². The highest BCUT2D eigenvalue weighted by Gasteiger charge is 2.32. The molecule has 1 unspecified atom stereocenters. The van der Waals surface area contributed by atoms with E-state index in [0.29, 0.717) is 30.0 Å². The molecule has 1 saturated heterocycles. The lowest BCUT2D eigenvalue weighted by Gasteiger charge is -2.15. The summed E-state index contributed by atoms with van der Waals surface area (Å²) in [5.74, 6) is 0.569. The van der Waals surface area contributed by atoms with Gasteiger partial charge in [0.1, 0.15) is 11.3 Å². The zero-order valence-electron chi connectivity index (χ0n) is 19.0. The van der Waals surface area contributed by atoms with Crippen molar-refractivity contribution < 1.29 is 13.2 Å². The second-order valence-electron chi connectivity index (χ2n) is 8.71. The number of carbonyl (C=O) groups excluding carboxylic acids is 1. The molecule has 0 bridgehead atoms. The lowest BCUT2D eigenvalue weighted by atomic mass is 10.1. The Kier molecular flexibility index (Phi) is 5.65. The first-order valence-electron chi connectivity index (χ1n) is 11.1. The van der Waals surface area contributed by atoms with Gasteiger partial charge in [-0.1, -0.05) is 29.8 Å². The van der Waals surface area contributed by atoms with Gasteiger partial charge in [-0.25, -0.2) is 18.4 Å². The number of aryl methyl sites for hydroxylation is 2. The van der Waals surface area contributed by atoms with Crippen LogP contribution in [0.25, 0.3) is 22.3 Å². The van der Waals surface area contributed by atoms with Crippen LogP contribution in [0.4, 0.5) is 0 Å². The van der Waals surface area contributed by atoms with E-state index in [-0.39, 0.29) is 29.1 Å². The van der Waals surface area contributed by atoms with Gasteiger partial charge in [0.05, 0.1) is 28.8 Å². The zero-order chi connectivity index (χ0) is 23.9. The number of hydrogen-bond acceptors (Lipinski definition) is 6. The third-order valence-corrected chi connectivity index (χ3v) is 7.94. The van der Waals surface area contributed by atoms with Crippen LogP contribution in [0, 0.1) is 13.8 Å². The Labute approximate surface area is 198 Å². The minimum absolute atomic E-state index is 0.0745. The van der Waals surface area contributed by atoms with Crippen LogP contribution in [-0.4, -0.2) is 45.3 Å². The van der Waals surface area contributed by atoms with Crippen LogP contribution < -0.4 is 5.32 Å². The standard InChI is InChI=1S/C25H25N5O3S/c1-16-3-5-19(6-4-16)21-13-22-23(28-17(2)30(22)20-9-12-34(32,33)15-20)24(29-21)25(31)27-14-18-7-10-26-11-8-18/h3-8,10-11,13,20H,9,12,14-15H2,1-2H3,(H,27,31). The van der Waals surface area contributed by atoms with Crippen molar-refractivity contribution >= 4 is 26.8 Å². The molecule has 4 heterocycles. The molecule has 34 heavy (non-hydrogen) atoms. The molecule has 0 radical (unpaired) electrons. The minimum Gasteiger partial charge on any atom is -0.347 e. The lowest BCUT2D eigenvalue weighted by molar-refractivity contribution is 0.0947. The Morgan fingerprint density at radius 1 is 1.09 bits per heavy atom. The Hall–Kier alpha value is -3.59. The number of benzene rings is 1. The quantitative estimate of drug-likeness (QED) is 0.474. The number of hydrogen-bond donors (Lipinski definition) is 1. The van der Waals surface area contributed by atoms with Crippen LogP contribution in [0.15, 0.2) is 54.9 Å². The number of fused-ring (bicyclic) bond motifs is 1. The second kappa shape index (κ2) is 8.64. The molecule has 0 aliphatic carbocycles. The van der Waals surface area contributed by atoms with Gasteiger partial charge in [-0.15, -0.1) is 0 Å². The number of pyridine rings is 2. The van der Waals surface area contributed by atoms with Gasteiger partial charge in [0.15, 0.2) is 15.5 Å². The highest BCUT2D eigenvalue weighted by atomic mass is 32.2. The van der Waals surface area contributed by atoms with Crippen molar-refractivity contribution in [2.75, 3.05) is 11.5 Å². The van der Waals surface area contributed by atoms with Crippen molar-refractivity contribution in [1.29, 1.82) is 0 Å². The van der Waals surface area contributed by atoms with Gasteiger partial charge in [0.25, 0.3) is 5.91 Å². The van der Waals surface area contributed by atoms with Crippen LogP contribution in [0.2, 0.25) is 0 Å². The minimum atomic E-state index is -3.09. The molecule has 8 nitrogen and oxygen atoms in total. The molecule has 1 fully saturated rings. The average Bonchev–Trinajstić information content (AvgIpc) is 3.35. The lowest BCUT2D eigenvalue weighted by Crippen LogP contribution is -2.24. The third kappa shape index (κ3) is 4.31. The first-order valence-corrected chi connectivity index (χ1v) is 13.0. The van der Waals surface area contributed by atoms with Crippen LogP contribution in [0.3, 0.4) is 0 Å². The molecule has 1 N–H and O–H groups in total. The van der Waals surface area contributed by atoms with Crippen molar-refractivity contribution in [3.8, 4) is 11.3 Å². The molecule has 1 atom stereocenters. The predicted octanol–water partition coefficient (Wildman–Crippen LogP) is 3.40. The smallest absolute Gasteiger partial charge is 0.272 e.